The van der Waals surface area contributed by atoms with Gasteiger partial charge in [0.1, 0.15) is 12.2 Å². The van der Waals surface area contributed by atoms with Gasteiger partial charge in [0.15, 0.2) is 0 Å². The van der Waals surface area contributed by atoms with E-state index in [9.17, 15) is 19.4 Å². The van der Waals surface area contributed by atoms with Gasteiger partial charge >= 0.3 is 13.8 Å². The molecule has 0 saturated heterocycles. The normalized spacial score (nSPS) is 14.7. The summed E-state index contributed by atoms with van der Waals surface area (Å²) in [5.74, 6) is -0.393. The molecule has 3 atom stereocenters. The summed E-state index contributed by atoms with van der Waals surface area (Å²) >= 11 is 0. The van der Waals surface area contributed by atoms with Crippen LogP contribution in [0.4, 0.5) is 0 Å². The lowest BCUT2D eigenvalue weighted by Gasteiger charge is -2.20. The van der Waals surface area contributed by atoms with E-state index in [4.69, 9.17) is 23.6 Å². The molecular weight excluding hydrogens is 655 g/mol. The maximum atomic E-state index is 12.5. The predicted molar refractivity (Wildman–Crippen MR) is 205 cm³/mol. The van der Waals surface area contributed by atoms with Crippen LogP contribution >= 0.6 is 7.82 Å². The molecule has 0 spiro atoms. The lowest BCUT2D eigenvalue weighted by Crippen LogP contribution is -2.29. The number of allylic oxidation sites excluding steroid dienone is 8. The quantitative estimate of drug-likeness (QED) is 0.0247. The molecule has 50 heavy (non-hydrogen) atoms. The number of unbranched alkanes of at least 4 members (excludes halogenated alkanes) is 15. The van der Waals surface area contributed by atoms with E-state index < -0.39 is 39.2 Å². The number of aliphatic hydroxyl groups excluding tert-OH is 2. The Morgan fingerprint density at radius 2 is 1.14 bits per heavy atom. The molecule has 3 N–H and O–H groups in total. The van der Waals surface area contributed by atoms with Crippen molar-refractivity contribution in [1.82, 2.24) is 0 Å². The molecule has 0 aromatic heterocycles. The second kappa shape index (κ2) is 37.2. The zero-order chi connectivity index (χ0) is 36.8. The average Bonchev–Trinajstić information content (AvgIpc) is 3.10. The van der Waals surface area contributed by atoms with Gasteiger partial charge < -0.3 is 24.6 Å². The third kappa shape index (κ3) is 36.2. The number of rotatable bonds is 37. The fraction of sp³-hybridized carbons (Fsp3) is 0.775. The van der Waals surface area contributed by atoms with E-state index in [0.29, 0.717) is 6.61 Å². The van der Waals surface area contributed by atoms with Crippen LogP contribution in [0.3, 0.4) is 0 Å². The van der Waals surface area contributed by atoms with Crippen molar-refractivity contribution in [3.63, 3.8) is 0 Å². The Morgan fingerprint density at radius 1 is 0.640 bits per heavy atom. The molecule has 292 valence electrons. The van der Waals surface area contributed by atoms with Gasteiger partial charge in [-0.05, 0) is 51.4 Å². The predicted octanol–water partition coefficient (Wildman–Crippen LogP) is 10.2. The van der Waals surface area contributed by atoms with Crippen molar-refractivity contribution in [2.45, 2.75) is 167 Å². The molecule has 0 aromatic carbocycles. The van der Waals surface area contributed by atoms with Gasteiger partial charge in [0.25, 0.3) is 0 Å². The SMILES string of the molecule is CC/C=C\C/C=C\C/C=C\C/C=C\CCCCCCCOCC(COP(=O)(O)OCC(O)CO)OC(=O)CCCCCCCCCCCCC. The van der Waals surface area contributed by atoms with Gasteiger partial charge in [0.2, 0.25) is 0 Å². The van der Waals surface area contributed by atoms with Gasteiger partial charge in [0.05, 0.1) is 26.4 Å². The van der Waals surface area contributed by atoms with Crippen LogP contribution in [-0.4, -0.2) is 66.3 Å². The number of esters is 1. The van der Waals surface area contributed by atoms with Crippen LogP contribution in [0.2, 0.25) is 0 Å². The van der Waals surface area contributed by atoms with Crippen LogP contribution in [0.15, 0.2) is 48.6 Å². The fourth-order valence-corrected chi connectivity index (χ4v) is 5.84. The van der Waals surface area contributed by atoms with Crippen LogP contribution in [0, 0.1) is 0 Å². The Kier molecular flexibility index (Phi) is 36.0. The number of phosphoric ester groups is 1. The van der Waals surface area contributed by atoms with Crippen molar-refractivity contribution in [3.8, 4) is 0 Å². The van der Waals surface area contributed by atoms with Gasteiger partial charge in [-0.25, -0.2) is 4.57 Å². The zero-order valence-corrected chi connectivity index (χ0v) is 32.5. The molecule has 0 rings (SSSR count). The van der Waals surface area contributed by atoms with Crippen molar-refractivity contribution in [3.05, 3.63) is 48.6 Å². The largest absolute Gasteiger partial charge is 0.472 e. The molecule has 0 radical (unpaired) electrons. The van der Waals surface area contributed by atoms with Crippen LogP contribution < -0.4 is 0 Å². The van der Waals surface area contributed by atoms with Crippen LogP contribution in [-0.2, 0) is 27.9 Å². The van der Waals surface area contributed by atoms with Crippen molar-refractivity contribution in [1.29, 1.82) is 0 Å². The third-order valence-corrected chi connectivity index (χ3v) is 8.98. The van der Waals surface area contributed by atoms with E-state index in [1.54, 1.807) is 0 Å². The minimum Gasteiger partial charge on any atom is -0.457 e. The van der Waals surface area contributed by atoms with Gasteiger partial charge in [-0.1, -0.05) is 146 Å². The average molecular weight is 729 g/mol. The first kappa shape index (κ1) is 48.4. The van der Waals surface area contributed by atoms with Crippen LogP contribution in [0.25, 0.3) is 0 Å². The molecule has 0 saturated carbocycles. The molecular formula is C40H73O9P. The Morgan fingerprint density at radius 3 is 1.72 bits per heavy atom. The minimum atomic E-state index is -4.52. The monoisotopic (exact) mass is 728 g/mol. The molecule has 0 bridgehead atoms. The standard InChI is InChI=1S/C40H73O9P/c1-3-5-7-9-11-13-15-16-17-18-19-20-21-23-25-27-29-31-33-46-36-39(37-48-50(44,45)47-35-38(42)34-41)49-40(43)32-30-28-26-24-22-14-12-10-8-6-4-2/h5,7,11,13,16-17,19-20,38-39,41-42H,3-4,6,8-10,12,14-15,18,21-37H2,1-2H3,(H,44,45)/b7-5-,13-11-,17-16-,20-19-. The highest BCUT2D eigenvalue weighted by atomic mass is 31.2. The Bertz CT molecular complexity index is 919. The number of carbonyl (C=O) groups excluding carboxylic acids is 1. The molecule has 9 nitrogen and oxygen atoms in total. The number of hydrogen-bond acceptors (Lipinski definition) is 8. The molecule has 0 fully saturated rings. The lowest BCUT2D eigenvalue weighted by atomic mass is 10.1. The topological polar surface area (TPSA) is 132 Å². The summed E-state index contributed by atoms with van der Waals surface area (Å²) in [6.07, 6.45) is 39.2. The fourth-order valence-electron chi connectivity index (χ4n) is 5.05. The molecule has 10 heteroatoms. The highest BCUT2D eigenvalue weighted by Gasteiger charge is 2.26. The third-order valence-electron chi connectivity index (χ3n) is 8.03. The molecule has 0 amide bonds. The van der Waals surface area contributed by atoms with Gasteiger partial charge in [-0.3, -0.25) is 13.8 Å². The molecule has 3 unspecified atom stereocenters. The lowest BCUT2D eigenvalue weighted by molar-refractivity contribution is -0.154. The highest BCUT2D eigenvalue weighted by molar-refractivity contribution is 7.47. The van der Waals surface area contributed by atoms with Crippen LogP contribution in [0.1, 0.15) is 155 Å². The number of ether oxygens (including phenoxy) is 2. The summed E-state index contributed by atoms with van der Waals surface area (Å²) in [5.41, 5.74) is 0. The highest BCUT2D eigenvalue weighted by Crippen LogP contribution is 2.43. The first-order chi connectivity index (χ1) is 24.3. The molecule has 0 heterocycles. The van der Waals surface area contributed by atoms with E-state index in [1.165, 1.54) is 51.4 Å². The van der Waals surface area contributed by atoms with Gasteiger partial charge in [-0.15, -0.1) is 0 Å². The maximum absolute atomic E-state index is 12.5. The molecule has 0 aliphatic rings. The van der Waals surface area contributed by atoms with Crippen molar-refractivity contribution >= 4 is 13.8 Å². The number of aliphatic hydroxyl groups is 2. The van der Waals surface area contributed by atoms with E-state index in [0.717, 1.165) is 83.5 Å². The number of phosphoric acid groups is 1. The molecule has 0 aliphatic carbocycles. The smallest absolute Gasteiger partial charge is 0.457 e. The Balaban J connectivity index is 4.24. The summed E-state index contributed by atoms with van der Waals surface area (Å²) in [4.78, 5) is 22.5. The summed E-state index contributed by atoms with van der Waals surface area (Å²) in [5, 5.41) is 18.3. The minimum absolute atomic E-state index is 0.0368. The van der Waals surface area contributed by atoms with Crippen molar-refractivity contribution < 1.29 is 43.0 Å². The summed E-state index contributed by atoms with van der Waals surface area (Å²) < 4.78 is 33.2. The van der Waals surface area contributed by atoms with Gasteiger partial charge in [-0.2, -0.15) is 0 Å². The maximum Gasteiger partial charge on any atom is 0.472 e. The first-order valence-corrected chi connectivity index (χ1v) is 21.1. The first-order valence-electron chi connectivity index (χ1n) is 19.6. The number of carbonyl (C=O) groups is 1. The second-order valence-corrected chi connectivity index (χ2v) is 14.4. The van der Waals surface area contributed by atoms with Crippen molar-refractivity contribution in [2.75, 3.05) is 33.0 Å². The van der Waals surface area contributed by atoms with Crippen molar-refractivity contribution in [2.24, 2.45) is 0 Å². The second-order valence-electron chi connectivity index (χ2n) is 12.9. The summed E-state index contributed by atoms with van der Waals surface area (Å²) in [6, 6.07) is 0. The van der Waals surface area contributed by atoms with Gasteiger partial charge in [0, 0.05) is 13.0 Å². The number of hydrogen-bond donors (Lipinski definition) is 3. The van der Waals surface area contributed by atoms with Crippen LogP contribution in [0.5, 0.6) is 0 Å². The molecule has 0 aromatic rings. The summed E-state index contributed by atoms with van der Waals surface area (Å²) in [7, 11) is -4.52. The van der Waals surface area contributed by atoms with E-state index in [1.807, 2.05) is 0 Å². The van der Waals surface area contributed by atoms with E-state index in [2.05, 4.69) is 62.5 Å². The molecule has 0 aliphatic heterocycles. The zero-order valence-electron chi connectivity index (χ0n) is 31.6. The summed E-state index contributed by atoms with van der Waals surface area (Å²) in [6.45, 7) is 3.34. The van der Waals surface area contributed by atoms with E-state index in [-0.39, 0.29) is 19.6 Å². The van der Waals surface area contributed by atoms with E-state index >= 15 is 0 Å². The Labute approximate surface area is 305 Å². The Hall–Kier alpha value is -1.58.